The summed E-state index contributed by atoms with van der Waals surface area (Å²) < 4.78 is 10.1. The van der Waals surface area contributed by atoms with Crippen LogP contribution in [0.15, 0.2) is 22.9 Å². The van der Waals surface area contributed by atoms with Crippen LogP contribution >= 0.6 is 0 Å². The number of rotatable bonds is 2. The van der Waals surface area contributed by atoms with E-state index in [1.807, 2.05) is 0 Å². The minimum atomic E-state index is 0.467. The van der Waals surface area contributed by atoms with E-state index in [1.165, 1.54) is 6.39 Å². The molecular formula is C9H7NO3. The maximum atomic E-state index is 10.6. The average molecular weight is 177 g/mol. The Morgan fingerprint density at radius 1 is 1.54 bits per heavy atom. The van der Waals surface area contributed by atoms with Crippen LogP contribution in [0.25, 0.3) is 11.1 Å². The van der Waals surface area contributed by atoms with E-state index in [2.05, 4.69) is 4.98 Å². The molecule has 0 radical (unpaired) electrons. The van der Waals surface area contributed by atoms with Gasteiger partial charge in [0, 0.05) is 0 Å². The Bertz CT molecular complexity index is 447. The molecule has 1 aromatic carbocycles. The summed E-state index contributed by atoms with van der Waals surface area (Å²) in [6.07, 6.45) is 2.02. The van der Waals surface area contributed by atoms with Gasteiger partial charge in [0.15, 0.2) is 23.8 Å². The number of ether oxygens (including phenoxy) is 1. The van der Waals surface area contributed by atoms with E-state index < -0.39 is 0 Å². The summed E-state index contributed by atoms with van der Waals surface area (Å²) in [5, 5.41) is 0. The molecule has 0 saturated carbocycles. The van der Waals surface area contributed by atoms with Gasteiger partial charge in [0.2, 0.25) is 0 Å². The molecule has 1 heterocycles. The number of hydrogen-bond donors (Lipinski definition) is 0. The van der Waals surface area contributed by atoms with Crippen LogP contribution < -0.4 is 4.74 Å². The number of methoxy groups -OCH3 is 1. The number of carbonyl (C=O) groups is 1. The van der Waals surface area contributed by atoms with Crippen molar-refractivity contribution in [3.63, 3.8) is 0 Å². The number of benzene rings is 1. The number of carbonyl (C=O) groups excluding carboxylic acids is 1. The fourth-order valence-electron chi connectivity index (χ4n) is 1.20. The summed E-state index contributed by atoms with van der Waals surface area (Å²) in [7, 11) is 1.55. The SMILES string of the molecule is COc1ccc(C=O)c2ocnc12. The minimum absolute atomic E-state index is 0.467. The van der Waals surface area contributed by atoms with E-state index in [0.29, 0.717) is 22.4 Å². The van der Waals surface area contributed by atoms with Crippen LogP contribution in [0.4, 0.5) is 0 Å². The molecule has 0 fully saturated rings. The molecule has 0 aliphatic carbocycles. The van der Waals surface area contributed by atoms with Crippen molar-refractivity contribution in [1.29, 1.82) is 0 Å². The summed E-state index contributed by atoms with van der Waals surface area (Å²) >= 11 is 0. The lowest BCUT2D eigenvalue weighted by Gasteiger charge is -1.99. The first-order valence-corrected chi connectivity index (χ1v) is 3.72. The lowest BCUT2D eigenvalue weighted by atomic mass is 10.2. The van der Waals surface area contributed by atoms with E-state index in [0.717, 1.165) is 6.29 Å². The van der Waals surface area contributed by atoms with Crippen LogP contribution in [0, 0.1) is 0 Å². The summed E-state index contributed by atoms with van der Waals surface area (Å²) in [6.45, 7) is 0. The second-order valence-electron chi connectivity index (χ2n) is 2.50. The molecule has 2 aromatic rings. The van der Waals surface area contributed by atoms with Crippen LogP contribution in [-0.2, 0) is 0 Å². The van der Waals surface area contributed by atoms with E-state index in [1.54, 1.807) is 19.2 Å². The van der Waals surface area contributed by atoms with Gasteiger partial charge in [0.25, 0.3) is 0 Å². The first-order chi connectivity index (χ1) is 6.36. The van der Waals surface area contributed by atoms with Crippen molar-refractivity contribution in [2.45, 2.75) is 0 Å². The Morgan fingerprint density at radius 3 is 3.08 bits per heavy atom. The quantitative estimate of drug-likeness (QED) is 0.654. The fraction of sp³-hybridized carbons (Fsp3) is 0.111. The number of aldehydes is 1. The van der Waals surface area contributed by atoms with Gasteiger partial charge in [-0.2, -0.15) is 0 Å². The van der Waals surface area contributed by atoms with Crippen LogP contribution in [-0.4, -0.2) is 18.4 Å². The smallest absolute Gasteiger partial charge is 0.182 e. The molecule has 0 unspecified atom stereocenters. The van der Waals surface area contributed by atoms with E-state index in [-0.39, 0.29) is 0 Å². The third-order valence-corrected chi connectivity index (χ3v) is 1.82. The highest BCUT2D eigenvalue weighted by atomic mass is 16.5. The van der Waals surface area contributed by atoms with Crippen molar-refractivity contribution in [1.82, 2.24) is 4.98 Å². The van der Waals surface area contributed by atoms with Crippen molar-refractivity contribution in [3.8, 4) is 5.75 Å². The zero-order valence-electron chi connectivity index (χ0n) is 6.98. The lowest BCUT2D eigenvalue weighted by molar-refractivity contribution is 0.112. The molecule has 0 saturated heterocycles. The Balaban J connectivity index is 2.81. The Labute approximate surface area is 74.1 Å². The molecule has 0 aliphatic heterocycles. The zero-order chi connectivity index (χ0) is 9.26. The Kier molecular flexibility index (Phi) is 1.73. The first-order valence-electron chi connectivity index (χ1n) is 3.72. The van der Waals surface area contributed by atoms with Crippen LogP contribution in [0.1, 0.15) is 10.4 Å². The van der Waals surface area contributed by atoms with Crippen LogP contribution in [0.2, 0.25) is 0 Å². The molecule has 66 valence electrons. The van der Waals surface area contributed by atoms with Gasteiger partial charge in [-0.25, -0.2) is 4.98 Å². The maximum Gasteiger partial charge on any atom is 0.182 e. The predicted molar refractivity (Wildman–Crippen MR) is 45.9 cm³/mol. The van der Waals surface area contributed by atoms with Crippen LogP contribution in [0.5, 0.6) is 5.75 Å². The van der Waals surface area contributed by atoms with Crippen LogP contribution in [0.3, 0.4) is 0 Å². The fourth-order valence-corrected chi connectivity index (χ4v) is 1.20. The normalized spacial score (nSPS) is 10.2. The van der Waals surface area contributed by atoms with Crippen molar-refractivity contribution in [3.05, 3.63) is 24.1 Å². The average Bonchev–Trinajstić information content (AvgIpc) is 2.64. The number of aromatic nitrogens is 1. The monoisotopic (exact) mass is 177 g/mol. The van der Waals surface area contributed by atoms with Gasteiger partial charge in [0.1, 0.15) is 5.75 Å². The van der Waals surface area contributed by atoms with Gasteiger partial charge in [0.05, 0.1) is 12.7 Å². The molecule has 0 bridgehead atoms. The molecular weight excluding hydrogens is 170 g/mol. The number of nitrogens with zero attached hydrogens (tertiary/aromatic N) is 1. The predicted octanol–water partition coefficient (Wildman–Crippen LogP) is 1.65. The summed E-state index contributed by atoms with van der Waals surface area (Å²) in [6, 6.07) is 3.33. The molecule has 0 N–H and O–H groups in total. The standard InChI is InChI=1S/C9H7NO3/c1-12-7-3-2-6(4-11)9-8(7)10-5-13-9/h2-5H,1H3. The highest BCUT2D eigenvalue weighted by molar-refractivity contribution is 5.95. The zero-order valence-corrected chi connectivity index (χ0v) is 6.98. The van der Waals surface area contributed by atoms with Crippen molar-refractivity contribution in [2.24, 2.45) is 0 Å². The van der Waals surface area contributed by atoms with Gasteiger partial charge in [-0.15, -0.1) is 0 Å². The van der Waals surface area contributed by atoms with Crippen molar-refractivity contribution < 1.29 is 13.9 Å². The molecule has 2 rings (SSSR count). The number of hydrogen-bond acceptors (Lipinski definition) is 4. The van der Waals surface area contributed by atoms with Gasteiger partial charge in [-0.1, -0.05) is 0 Å². The third-order valence-electron chi connectivity index (χ3n) is 1.82. The summed E-state index contributed by atoms with van der Waals surface area (Å²) in [5.41, 5.74) is 1.52. The molecule has 0 aliphatic rings. The minimum Gasteiger partial charge on any atom is -0.494 e. The molecule has 0 spiro atoms. The molecule has 1 aromatic heterocycles. The summed E-state index contributed by atoms with van der Waals surface area (Å²) in [5.74, 6) is 0.606. The topological polar surface area (TPSA) is 52.3 Å². The molecule has 13 heavy (non-hydrogen) atoms. The van der Waals surface area contributed by atoms with Crippen molar-refractivity contribution >= 4 is 17.4 Å². The van der Waals surface area contributed by atoms with E-state index >= 15 is 0 Å². The molecule has 0 atom stereocenters. The molecule has 4 nitrogen and oxygen atoms in total. The number of fused-ring (bicyclic) bond motifs is 1. The molecule has 0 amide bonds. The second-order valence-corrected chi connectivity index (χ2v) is 2.50. The van der Waals surface area contributed by atoms with Gasteiger partial charge < -0.3 is 9.15 Å². The third kappa shape index (κ3) is 1.07. The first kappa shape index (κ1) is 7.79. The second kappa shape index (κ2) is 2.90. The number of oxazole rings is 1. The lowest BCUT2D eigenvalue weighted by Crippen LogP contribution is -1.87. The Morgan fingerprint density at radius 2 is 2.38 bits per heavy atom. The van der Waals surface area contributed by atoms with Gasteiger partial charge in [-0.3, -0.25) is 4.79 Å². The largest absolute Gasteiger partial charge is 0.494 e. The maximum absolute atomic E-state index is 10.6. The molecule has 4 heteroatoms. The van der Waals surface area contributed by atoms with Crippen molar-refractivity contribution in [2.75, 3.05) is 7.11 Å². The highest BCUT2D eigenvalue weighted by Gasteiger charge is 2.09. The van der Waals surface area contributed by atoms with E-state index in [4.69, 9.17) is 9.15 Å². The van der Waals surface area contributed by atoms with Gasteiger partial charge in [-0.05, 0) is 12.1 Å². The highest BCUT2D eigenvalue weighted by Crippen LogP contribution is 2.25. The Hall–Kier alpha value is -1.84. The summed E-state index contributed by atoms with van der Waals surface area (Å²) in [4.78, 5) is 14.5. The van der Waals surface area contributed by atoms with E-state index in [9.17, 15) is 4.79 Å². The van der Waals surface area contributed by atoms with Gasteiger partial charge >= 0.3 is 0 Å².